The maximum Gasteiger partial charge on any atom is 0.262 e. The molecular weight excluding hydrogens is 1850 g/mol. The number of aromatic nitrogens is 11. The summed E-state index contributed by atoms with van der Waals surface area (Å²) in [5, 5.41) is 15.7. The van der Waals surface area contributed by atoms with Gasteiger partial charge in [-0.1, -0.05) is 64.1 Å². The summed E-state index contributed by atoms with van der Waals surface area (Å²) in [5.41, 5.74) is 18.8. The van der Waals surface area contributed by atoms with Gasteiger partial charge in [0, 0.05) is 146 Å². The SMILES string of the molecule is Cc1ccccc1C(=O)Nc1cnc(-c2c(C)oc3c2CCC3)cn1.Cc1oc2c(c1-c1ccc(NC(=O)C(C)C)nc1)CCC2.Cc1oc2c(c1-c1ccc(NC(=O)c3c(F)cncc3F)nc1)CCC2.Cc1oc2c(c1-c1cnc(NC(=O)C(C)C)cn1)CCC2.Cc1oc2c(c1-c1cnc(NC(=O)c3c(F)cccc3F)cn1)CCC2.Cc1oc2c(c1-c1cnc(NC(=O)c3ccccc3F)cn1)CCC2. The van der Waals surface area contributed by atoms with Crippen molar-refractivity contribution < 1.29 is 77.2 Å². The van der Waals surface area contributed by atoms with E-state index in [0.29, 0.717) is 34.4 Å². The number of carbonyl (C=O) groups excluding carboxylic acids is 6. The van der Waals surface area contributed by atoms with Crippen molar-refractivity contribution >= 4 is 70.4 Å². The molecule has 0 unspecified atom stereocenters. The Morgan fingerprint density at radius 2 is 0.542 bits per heavy atom. The molecule has 0 fully saturated rings. The van der Waals surface area contributed by atoms with Gasteiger partial charge in [0.25, 0.3) is 23.6 Å². The van der Waals surface area contributed by atoms with Gasteiger partial charge in [-0.3, -0.25) is 53.7 Å². The molecule has 13 heterocycles. The largest absolute Gasteiger partial charge is 0.465 e. The lowest BCUT2D eigenvalue weighted by molar-refractivity contribution is -0.119. The van der Waals surface area contributed by atoms with Crippen molar-refractivity contribution in [3.8, 4) is 67.3 Å². The van der Waals surface area contributed by atoms with Gasteiger partial charge < -0.3 is 58.4 Å². The molecule has 13 aromatic heterocycles. The molecule has 736 valence electrons. The molecule has 3 aromatic carbocycles. The fourth-order valence-electron chi connectivity index (χ4n) is 18.7. The zero-order valence-corrected chi connectivity index (χ0v) is 81.2. The van der Waals surface area contributed by atoms with E-state index >= 15 is 0 Å². The zero-order chi connectivity index (χ0) is 101. The van der Waals surface area contributed by atoms with Crippen LogP contribution in [-0.2, 0) is 86.6 Å². The molecule has 0 aliphatic heterocycles. The molecule has 0 saturated heterocycles. The minimum Gasteiger partial charge on any atom is -0.465 e. The Balaban J connectivity index is 0.000000119. The number of rotatable bonds is 18. The number of furan rings is 6. The van der Waals surface area contributed by atoms with Gasteiger partial charge in [-0.05, 0) is 186 Å². The van der Waals surface area contributed by atoms with Crippen LogP contribution in [0.5, 0.6) is 0 Å². The summed E-state index contributed by atoms with van der Waals surface area (Å²) in [6, 6.07) is 23.8. The van der Waals surface area contributed by atoms with Crippen LogP contribution in [-0.4, -0.2) is 90.3 Å². The van der Waals surface area contributed by atoms with E-state index in [4.69, 9.17) is 26.5 Å². The maximum absolute atomic E-state index is 13.7. The molecule has 144 heavy (non-hydrogen) atoms. The van der Waals surface area contributed by atoms with Crippen molar-refractivity contribution in [3.05, 3.63) is 325 Å². The smallest absolute Gasteiger partial charge is 0.262 e. The topological polar surface area (TPSA) is 395 Å². The Morgan fingerprint density at radius 1 is 0.264 bits per heavy atom. The molecule has 22 rings (SSSR count). The average Bonchev–Trinajstić information content (AvgIpc) is 1.66. The van der Waals surface area contributed by atoms with Crippen LogP contribution in [0.1, 0.15) is 216 Å². The highest BCUT2D eigenvalue weighted by atomic mass is 19.1. The van der Waals surface area contributed by atoms with Gasteiger partial charge in [0.15, 0.2) is 34.9 Å². The van der Waals surface area contributed by atoms with Crippen molar-refractivity contribution in [2.75, 3.05) is 31.9 Å². The Hall–Kier alpha value is -16.4. The molecular formula is C110H104F5N17O12. The van der Waals surface area contributed by atoms with E-state index < -0.39 is 57.9 Å². The van der Waals surface area contributed by atoms with Crippen LogP contribution in [0.25, 0.3) is 67.3 Å². The summed E-state index contributed by atoms with van der Waals surface area (Å²) < 4.78 is 103. The second-order valence-corrected chi connectivity index (χ2v) is 36.2. The number of nitrogens with one attached hydrogen (secondary N) is 6. The third-order valence-corrected chi connectivity index (χ3v) is 25.6. The summed E-state index contributed by atoms with van der Waals surface area (Å²) in [6.07, 6.45) is 36.1. The third kappa shape index (κ3) is 22.0. The minimum absolute atomic E-state index is 0.0179. The second kappa shape index (κ2) is 43.8. The van der Waals surface area contributed by atoms with Gasteiger partial charge in [0.1, 0.15) is 109 Å². The van der Waals surface area contributed by atoms with Gasteiger partial charge in [-0.15, -0.1) is 0 Å². The van der Waals surface area contributed by atoms with Crippen LogP contribution in [0.4, 0.5) is 56.9 Å². The van der Waals surface area contributed by atoms with Crippen molar-refractivity contribution in [3.63, 3.8) is 0 Å². The van der Waals surface area contributed by atoms with Gasteiger partial charge in [-0.25, -0.2) is 51.9 Å². The molecule has 0 saturated carbocycles. The first kappa shape index (κ1) is 99.2. The Kier molecular flexibility index (Phi) is 30.1. The lowest BCUT2D eigenvalue weighted by atomic mass is 10.0. The number of fused-ring (bicyclic) bond motifs is 6. The highest BCUT2D eigenvalue weighted by Gasteiger charge is 2.32. The van der Waals surface area contributed by atoms with Crippen molar-refractivity contribution in [1.29, 1.82) is 0 Å². The van der Waals surface area contributed by atoms with Crippen molar-refractivity contribution in [2.24, 2.45) is 11.8 Å². The summed E-state index contributed by atoms with van der Waals surface area (Å²) >= 11 is 0. The molecule has 6 N–H and O–H groups in total. The number of nitrogens with zero attached hydrogens (tertiary/aromatic N) is 11. The normalized spacial score (nSPS) is 13.1. The van der Waals surface area contributed by atoms with E-state index in [2.05, 4.69) is 86.7 Å². The lowest BCUT2D eigenvalue weighted by Gasteiger charge is -2.08. The second-order valence-electron chi connectivity index (χ2n) is 36.2. The van der Waals surface area contributed by atoms with Crippen LogP contribution in [0.2, 0.25) is 0 Å². The van der Waals surface area contributed by atoms with E-state index in [0.717, 1.165) is 271 Å². The predicted octanol–water partition coefficient (Wildman–Crippen LogP) is 23.0. The van der Waals surface area contributed by atoms with Gasteiger partial charge >= 0.3 is 0 Å². The van der Waals surface area contributed by atoms with Crippen molar-refractivity contribution in [2.45, 2.75) is 192 Å². The highest BCUT2D eigenvalue weighted by molar-refractivity contribution is 6.06. The number of anilines is 6. The number of pyridine rings is 3. The number of carbonyl (C=O) groups is 6. The van der Waals surface area contributed by atoms with E-state index in [9.17, 15) is 50.7 Å². The number of benzene rings is 3. The molecule has 6 aliphatic carbocycles. The summed E-state index contributed by atoms with van der Waals surface area (Å²) in [4.78, 5) is 119. The first-order valence-electron chi connectivity index (χ1n) is 47.8. The molecule has 0 radical (unpaired) electrons. The quantitative estimate of drug-likeness (QED) is 0.0435. The molecule has 6 aliphatic rings. The predicted molar refractivity (Wildman–Crippen MR) is 530 cm³/mol. The molecule has 0 spiro atoms. The fourth-order valence-corrected chi connectivity index (χ4v) is 18.7. The van der Waals surface area contributed by atoms with Crippen molar-refractivity contribution in [1.82, 2.24) is 54.8 Å². The summed E-state index contributed by atoms with van der Waals surface area (Å²) in [7, 11) is 0. The Labute approximate surface area is 825 Å². The maximum atomic E-state index is 13.7. The first-order valence-corrected chi connectivity index (χ1v) is 47.8. The van der Waals surface area contributed by atoms with Crippen LogP contribution >= 0.6 is 0 Å². The Morgan fingerprint density at radius 3 is 0.868 bits per heavy atom. The highest BCUT2D eigenvalue weighted by Crippen LogP contribution is 2.44. The first-order chi connectivity index (χ1) is 69.5. The van der Waals surface area contributed by atoms with E-state index in [1.54, 1.807) is 61.4 Å². The molecule has 6 amide bonds. The Bertz CT molecular complexity index is 7010. The van der Waals surface area contributed by atoms with E-state index in [1.165, 1.54) is 76.2 Å². The summed E-state index contributed by atoms with van der Waals surface area (Å²) in [5.74, 6) is 6.38. The number of aryl methyl sites for hydroxylation is 13. The number of amides is 6. The van der Waals surface area contributed by atoms with Gasteiger partial charge in [0.2, 0.25) is 11.8 Å². The monoisotopic (exact) mass is 1950 g/mol. The average molecular weight is 1950 g/mol. The number of halogens is 5. The zero-order valence-electron chi connectivity index (χ0n) is 81.2. The fraction of sp³-hybridized carbons (Fsp3) is 0.282. The number of hydrogen-bond donors (Lipinski definition) is 6. The molecule has 34 heteroatoms. The third-order valence-electron chi connectivity index (χ3n) is 25.6. The molecule has 16 aromatic rings. The van der Waals surface area contributed by atoms with E-state index in [1.807, 2.05) is 113 Å². The van der Waals surface area contributed by atoms with Crippen LogP contribution in [0.3, 0.4) is 0 Å². The van der Waals surface area contributed by atoms with Crippen LogP contribution in [0.15, 0.2) is 192 Å². The molecule has 0 atom stereocenters. The number of hydrogen-bond acceptors (Lipinski definition) is 23. The van der Waals surface area contributed by atoms with Gasteiger partial charge in [0.05, 0.1) is 90.3 Å². The van der Waals surface area contributed by atoms with Crippen LogP contribution < -0.4 is 31.9 Å². The summed E-state index contributed by atoms with van der Waals surface area (Å²) in [6.45, 7) is 21.0. The molecule has 29 nitrogen and oxygen atoms in total. The van der Waals surface area contributed by atoms with Gasteiger partial charge in [-0.2, -0.15) is 0 Å². The molecule has 0 bridgehead atoms. The van der Waals surface area contributed by atoms with Crippen LogP contribution in [0, 0.1) is 89.4 Å². The lowest BCUT2D eigenvalue weighted by Crippen LogP contribution is -2.18. The van der Waals surface area contributed by atoms with E-state index in [-0.39, 0.29) is 52.6 Å². The minimum atomic E-state index is -1.02. The standard InChI is InChI=1S/C20H19N3O2.2C19H15F2N3O2.C19H16FN3O2.C17H20N2O2.C16H19N3O2/c1-12-6-3-4-7-14(12)20(24)23-18-11-21-16(10-22-18)19-13(2)25-17-9-5-8-15(17)19;1-10-17(11-4-2-7-15(11)26-10)14-8-23-16(9-22-14)24-19(25)18-12(20)5-3-6-13(18)21;1-10-17(12-3-2-4-15(12)26-10)11-5-6-16(23-7-11)24-19(25)18-13(20)8-22-9-14(18)21;1-11-18(13-6-4-8-16(13)25-11)15-9-22-17(10-21-15)23-19(24)12-5-2-3-7-14(12)20;1-10(2)17(20)19-15-8-7-12(9-18-15)16-11(3)21-14-6-4-5-13(14)16;1-9(2)16(20)19-14-8-17-12(7-18-14)15-10(3)21-13-6-4-5-11(13)15/h3-4,6-7,10-11H,5,8-9H2,1-2H3,(H,22,23,24);3,5-6,8-9H,2,4,7H2,1H3,(H,23,24,25);5-9H,2-4H2,1H3,(H,23,24,25);2-3,5,7,9-10H,4,6,8H2,1H3,(H,22,23,24);7-10H,4-6H2,1-3H3,(H,18,19,20);7-9H,4-6H2,1-3H3,(H,18,19,20).